The number of nitrogens with zero attached hydrogens (tertiary/aromatic N) is 3. The molecule has 108 valence electrons. The monoisotopic (exact) mass is 321 g/mol. The first-order valence-corrected chi connectivity index (χ1v) is 7.93. The van der Waals surface area contributed by atoms with Crippen LogP contribution in [0.4, 0.5) is 0 Å². The van der Waals surface area contributed by atoms with Crippen molar-refractivity contribution in [1.29, 1.82) is 0 Å². The molecule has 1 aromatic carbocycles. The lowest BCUT2D eigenvalue weighted by Crippen LogP contribution is -2.04. The second kappa shape index (κ2) is 5.84. The second-order valence-corrected chi connectivity index (χ2v) is 6.11. The summed E-state index contributed by atoms with van der Waals surface area (Å²) in [7, 11) is 0. The van der Waals surface area contributed by atoms with E-state index in [4.69, 9.17) is 5.11 Å². The van der Waals surface area contributed by atoms with E-state index in [-0.39, 0.29) is 12.4 Å². The maximum absolute atomic E-state index is 10.7. The lowest BCUT2D eigenvalue weighted by atomic mass is 10.2. The maximum atomic E-state index is 10.7. The van der Waals surface area contributed by atoms with E-state index < -0.39 is 5.97 Å². The molecular weight excluding hydrogens is 310 g/mol. The van der Waals surface area contributed by atoms with Crippen LogP contribution >= 0.6 is 23.1 Å². The fourth-order valence-corrected chi connectivity index (χ4v) is 3.44. The zero-order valence-corrected chi connectivity index (χ0v) is 12.4. The molecule has 2 N–H and O–H groups in total. The average molecular weight is 321 g/mol. The Morgan fingerprint density at radius 1 is 1.33 bits per heavy atom. The van der Waals surface area contributed by atoms with E-state index in [1.807, 2.05) is 29.6 Å². The van der Waals surface area contributed by atoms with Crippen molar-refractivity contribution in [1.82, 2.24) is 14.8 Å². The van der Waals surface area contributed by atoms with Gasteiger partial charge in [0.25, 0.3) is 0 Å². The largest absolute Gasteiger partial charge is 0.481 e. The van der Waals surface area contributed by atoms with Crippen molar-refractivity contribution in [2.75, 3.05) is 5.75 Å². The number of carbonyl (C=O) groups is 1. The van der Waals surface area contributed by atoms with Crippen molar-refractivity contribution in [3.8, 4) is 5.69 Å². The van der Waals surface area contributed by atoms with Crippen LogP contribution in [0.15, 0.2) is 34.8 Å². The average Bonchev–Trinajstić information content (AvgIpc) is 3.10. The number of rotatable bonds is 5. The standard InChI is InChI=1S/C13H11N3O3S2/c17-6-11-14-15-13(21-7-12(18)19)16(11)9-1-2-10-8(5-9)3-4-20-10/h1-5,17H,6-7H2,(H,18,19). The van der Waals surface area contributed by atoms with E-state index in [0.717, 1.165) is 27.5 Å². The molecule has 2 aromatic heterocycles. The van der Waals surface area contributed by atoms with E-state index in [1.54, 1.807) is 15.9 Å². The molecule has 2 heterocycles. The summed E-state index contributed by atoms with van der Waals surface area (Å²) in [5, 5.41) is 29.6. The maximum Gasteiger partial charge on any atom is 0.313 e. The van der Waals surface area contributed by atoms with Gasteiger partial charge in [-0.2, -0.15) is 0 Å². The van der Waals surface area contributed by atoms with Crippen LogP contribution in [0.5, 0.6) is 0 Å². The molecule has 0 amide bonds. The molecule has 0 aliphatic carbocycles. The zero-order chi connectivity index (χ0) is 14.8. The number of hydrogen-bond acceptors (Lipinski definition) is 6. The Morgan fingerprint density at radius 3 is 2.95 bits per heavy atom. The quantitative estimate of drug-likeness (QED) is 0.700. The number of benzene rings is 1. The van der Waals surface area contributed by atoms with Gasteiger partial charge in [-0.05, 0) is 35.0 Å². The first-order chi connectivity index (χ1) is 10.2. The van der Waals surface area contributed by atoms with Gasteiger partial charge < -0.3 is 10.2 Å². The highest BCUT2D eigenvalue weighted by Gasteiger charge is 2.15. The first kappa shape index (κ1) is 14.1. The minimum Gasteiger partial charge on any atom is -0.481 e. The van der Waals surface area contributed by atoms with Crippen molar-refractivity contribution in [2.24, 2.45) is 0 Å². The summed E-state index contributed by atoms with van der Waals surface area (Å²) in [5.74, 6) is -0.643. The Kier molecular flexibility index (Phi) is 3.91. The molecule has 3 rings (SSSR count). The van der Waals surface area contributed by atoms with E-state index in [2.05, 4.69) is 10.2 Å². The molecule has 0 radical (unpaired) electrons. The van der Waals surface area contributed by atoms with Gasteiger partial charge in [0.2, 0.25) is 0 Å². The van der Waals surface area contributed by atoms with E-state index >= 15 is 0 Å². The molecule has 8 heteroatoms. The highest BCUT2D eigenvalue weighted by molar-refractivity contribution is 7.99. The summed E-state index contributed by atoms with van der Waals surface area (Å²) in [6, 6.07) is 7.88. The molecule has 0 spiro atoms. The first-order valence-electron chi connectivity index (χ1n) is 6.06. The molecule has 21 heavy (non-hydrogen) atoms. The minimum atomic E-state index is -0.923. The smallest absolute Gasteiger partial charge is 0.313 e. The second-order valence-electron chi connectivity index (χ2n) is 4.22. The number of hydrogen-bond donors (Lipinski definition) is 2. The number of aliphatic hydroxyl groups excluding tert-OH is 1. The molecule has 0 fully saturated rings. The Labute approximate surface area is 128 Å². The van der Waals surface area contributed by atoms with Gasteiger partial charge in [0.15, 0.2) is 11.0 Å². The summed E-state index contributed by atoms with van der Waals surface area (Å²) in [6.07, 6.45) is 0. The normalized spacial score (nSPS) is 11.1. The number of thiophene rings is 1. The van der Waals surface area contributed by atoms with Crippen LogP contribution in [0.1, 0.15) is 5.82 Å². The van der Waals surface area contributed by atoms with E-state index in [9.17, 15) is 9.90 Å². The third-order valence-corrected chi connectivity index (χ3v) is 4.67. The van der Waals surface area contributed by atoms with E-state index in [1.165, 1.54) is 0 Å². The SMILES string of the molecule is O=C(O)CSc1nnc(CO)n1-c1ccc2sccc2c1. The summed E-state index contributed by atoms with van der Waals surface area (Å²) >= 11 is 2.72. The van der Waals surface area contributed by atoms with Crippen molar-refractivity contribution in [3.63, 3.8) is 0 Å². The fourth-order valence-electron chi connectivity index (χ4n) is 1.97. The summed E-state index contributed by atoms with van der Waals surface area (Å²) in [6.45, 7) is -0.262. The predicted octanol–water partition coefficient (Wildman–Crippen LogP) is 2.15. The Morgan fingerprint density at radius 2 is 2.19 bits per heavy atom. The van der Waals surface area contributed by atoms with Crippen molar-refractivity contribution in [3.05, 3.63) is 35.5 Å². The molecule has 0 saturated carbocycles. The van der Waals surface area contributed by atoms with Crippen molar-refractivity contribution < 1.29 is 15.0 Å². The van der Waals surface area contributed by atoms with Gasteiger partial charge in [-0.1, -0.05) is 11.8 Å². The van der Waals surface area contributed by atoms with Crippen molar-refractivity contribution >= 4 is 39.2 Å². The molecular formula is C13H11N3O3S2. The number of thioether (sulfide) groups is 1. The summed E-state index contributed by atoms with van der Waals surface area (Å²) < 4.78 is 2.85. The van der Waals surface area contributed by atoms with Crippen LogP contribution < -0.4 is 0 Å². The third kappa shape index (κ3) is 2.78. The summed E-state index contributed by atoms with van der Waals surface area (Å²) in [5.41, 5.74) is 0.808. The Bertz CT molecular complexity index is 797. The van der Waals surface area contributed by atoms with Crippen LogP contribution in [-0.4, -0.2) is 36.7 Å². The number of aliphatic carboxylic acids is 1. The number of aliphatic hydroxyl groups is 1. The molecule has 0 bridgehead atoms. The Balaban J connectivity index is 2.05. The number of fused-ring (bicyclic) bond motifs is 1. The number of aromatic nitrogens is 3. The predicted molar refractivity (Wildman–Crippen MR) is 81.0 cm³/mol. The van der Waals surface area contributed by atoms with Gasteiger partial charge in [0.05, 0.1) is 11.4 Å². The molecule has 0 atom stereocenters. The lowest BCUT2D eigenvalue weighted by molar-refractivity contribution is -0.133. The van der Waals surface area contributed by atoms with Gasteiger partial charge in [0, 0.05) is 4.70 Å². The van der Waals surface area contributed by atoms with Gasteiger partial charge in [-0.25, -0.2) is 0 Å². The Hall–Kier alpha value is -1.90. The van der Waals surface area contributed by atoms with Crippen molar-refractivity contribution in [2.45, 2.75) is 11.8 Å². The van der Waals surface area contributed by atoms with Crippen LogP contribution in [-0.2, 0) is 11.4 Å². The lowest BCUT2D eigenvalue weighted by Gasteiger charge is -2.08. The van der Waals surface area contributed by atoms with Gasteiger partial charge in [0.1, 0.15) is 6.61 Å². The highest BCUT2D eigenvalue weighted by atomic mass is 32.2. The number of carboxylic acid groups (broad SMARTS) is 1. The minimum absolute atomic E-state index is 0.107. The highest BCUT2D eigenvalue weighted by Crippen LogP contribution is 2.27. The summed E-state index contributed by atoms with van der Waals surface area (Å²) in [4.78, 5) is 10.7. The van der Waals surface area contributed by atoms with Crippen LogP contribution in [0.25, 0.3) is 15.8 Å². The van der Waals surface area contributed by atoms with Crippen LogP contribution in [0.3, 0.4) is 0 Å². The van der Waals surface area contributed by atoms with Gasteiger partial charge in [-0.15, -0.1) is 21.5 Å². The molecule has 0 unspecified atom stereocenters. The van der Waals surface area contributed by atoms with Crippen LogP contribution in [0, 0.1) is 0 Å². The topological polar surface area (TPSA) is 88.2 Å². The molecule has 0 aliphatic rings. The molecule has 0 aliphatic heterocycles. The van der Waals surface area contributed by atoms with Gasteiger partial charge in [-0.3, -0.25) is 9.36 Å². The molecule has 3 aromatic rings. The third-order valence-electron chi connectivity index (χ3n) is 2.86. The van der Waals surface area contributed by atoms with Gasteiger partial charge >= 0.3 is 5.97 Å². The fraction of sp³-hybridized carbons (Fsp3) is 0.154. The number of carboxylic acids is 1. The molecule has 0 saturated heterocycles. The van der Waals surface area contributed by atoms with Crippen LogP contribution in [0.2, 0.25) is 0 Å². The molecule has 6 nitrogen and oxygen atoms in total. The zero-order valence-electron chi connectivity index (χ0n) is 10.8. The van der Waals surface area contributed by atoms with E-state index in [0.29, 0.717) is 11.0 Å².